The van der Waals surface area contributed by atoms with Gasteiger partial charge < -0.3 is 14.6 Å². The van der Waals surface area contributed by atoms with E-state index in [0.717, 1.165) is 12.8 Å². The van der Waals surface area contributed by atoms with Crippen LogP contribution >= 0.6 is 11.6 Å². The van der Waals surface area contributed by atoms with E-state index in [1.807, 2.05) is 4.57 Å². The van der Waals surface area contributed by atoms with E-state index < -0.39 is 11.9 Å². The lowest BCUT2D eigenvalue weighted by Gasteiger charge is -2.11. The predicted octanol–water partition coefficient (Wildman–Crippen LogP) is 4.72. The zero-order valence-electron chi connectivity index (χ0n) is 15.5. The van der Waals surface area contributed by atoms with Crippen LogP contribution in [0.3, 0.4) is 0 Å². The zero-order valence-corrected chi connectivity index (χ0v) is 16.2. The van der Waals surface area contributed by atoms with E-state index in [1.54, 1.807) is 24.5 Å². The Morgan fingerprint density at radius 2 is 1.93 bits per heavy atom. The number of ether oxygens (including phenoxy) is 1. The Labute approximate surface area is 171 Å². The summed E-state index contributed by atoms with van der Waals surface area (Å²) in [6.45, 7) is 0. The van der Waals surface area contributed by atoms with Gasteiger partial charge in [-0.1, -0.05) is 11.6 Å². The Morgan fingerprint density at radius 1 is 1.21 bits per heavy atom. The number of carbonyl (C=O) groups is 2. The van der Waals surface area contributed by atoms with Crippen LogP contribution in [-0.2, 0) is 4.74 Å². The monoisotopic (exact) mass is 413 g/mol. The summed E-state index contributed by atoms with van der Waals surface area (Å²) in [5, 5.41) is 2.97. The van der Waals surface area contributed by atoms with Crippen molar-refractivity contribution in [2.24, 2.45) is 0 Å². The highest BCUT2D eigenvalue weighted by molar-refractivity contribution is 6.33. The predicted molar refractivity (Wildman–Crippen MR) is 107 cm³/mol. The number of nitrogens with one attached hydrogen (secondary N) is 1. The molecule has 1 saturated carbocycles. The SMILES string of the molecule is COC(=O)c1cc(NC(=O)c2ncn(C3CC3)c2-c2ccc(F)cc2)ccc1Cl. The summed E-state index contributed by atoms with van der Waals surface area (Å²) < 4.78 is 20.0. The first kappa shape index (κ1) is 19.1. The highest BCUT2D eigenvalue weighted by Gasteiger charge is 2.30. The number of hydrogen-bond donors (Lipinski definition) is 1. The number of amides is 1. The smallest absolute Gasteiger partial charge is 0.339 e. The number of esters is 1. The molecule has 29 heavy (non-hydrogen) atoms. The molecule has 0 bridgehead atoms. The molecule has 6 nitrogen and oxygen atoms in total. The molecule has 1 amide bonds. The minimum absolute atomic E-state index is 0.147. The van der Waals surface area contributed by atoms with Crippen LogP contribution in [0.15, 0.2) is 48.8 Å². The summed E-state index contributed by atoms with van der Waals surface area (Å²) in [6, 6.07) is 10.8. The number of carbonyl (C=O) groups excluding carboxylic acids is 2. The third-order valence-electron chi connectivity index (χ3n) is 4.70. The molecule has 0 spiro atoms. The van der Waals surface area contributed by atoms with Gasteiger partial charge in [0.1, 0.15) is 5.82 Å². The highest BCUT2D eigenvalue weighted by atomic mass is 35.5. The van der Waals surface area contributed by atoms with Crippen molar-refractivity contribution in [3.63, 3.8) is 0 Å². The number of hydrogen-bond acceptors (Lipinski definition) is 4. The molecule has 0 saturated heterocycles. The quantitative estimate of drug-likeness (QED) is 0.614. The van der Waals surface area contributed by atoms with Crippen molar-refractivity contribution in [2.75, 3.05) is 12.4 Å². The van der Waals surface area contributed by atoms with Crippen LogP contribution in [0.4, 0.5) is 10.1 Å². The lowest BCUT2D eigenvalue weighted by atomic mass is 10.1. The zero-order chi connectivity index (χ0) is 20.5. The molecular formula is C21H17ClFN3O3. The van der Waals surface area contributed by atoms with Crippen molar-refractivity contribution in [2.45, 2.75) is 18.9 Å². The maximum atomic E-state index is 13.4. The van der Waals surface area contributed by atoms with Gasteiger partial charge in [0.05, 0.1) is 29.7 Å². The molecule has 1 heterocycles. The molecular weight excluding hydrogens is 397 g/mol. The van der Waals surface area contributed by atoms with E-state index in [2.05, 4.69) is 10.3 Å². The maximum absolute atomic E-state index is 13.4. The molecule has 8 heteroatoms. The van der Waals surface area contributed by atoms with Crippen LogP contribution < -0.4 is 5.32 Å². The molecule has 2 aromatic carbocycles. The average molecular weight is 414 g/mol. The van der Waals surface area contributed by atoms with Gasteiger partial charge in [0.25, 0.3) is 5.91 Å². The van der Waals surface area contributed by atoms with Crippen molar-refractivity contribution < 1.29 is 18.7 Å². The van der Waals surface area contributed by atoms with Crippen LogP contribution in [0.25, 0.3) is 11.3 Å². The van der Waals surface area contributed by atoms with Gasteiger partial charge in [-0.15, -0.1) is 0 Å². The van der Waals surface area contributed by atoms with Gasteiger partial charge >= 0.3 is 5.97 Å². The number of aromatic nitrogens is 2. The van der Waals surface area contributed by atoms with Gasteiger partial charge in [-0.2, -0.15) is 0 Å². The second-order valence-electron chi connectivity index (χ2n) is 6.73. The first-order valence-electron chi connectivity index (χ1n) is 9.00. The maximum Gasteiger partial charge on any atom is 0.339 e. The minimum Gasteiger partial charge on any atom is -0.465 e. The summed E-state index contributed by atoms with van der Waals surface area (Å²) in [7, 11) is 1.25. The van der Waals surface area contributed by atoms with E-state index in [0.29, 0.717) is 16.9 Å². The summed E-state index contributed by atoms with van der Waals surface area (Å²) in [6.07, 6.45) is 3.64. The number of halogens is 2. The summed E-state index contributed by atoms with van der Waals surface area (Å²) in [4.78, 5) is 29.1. The molecule has 0 atom stereocenters. The standard InChI is InChI=1S/C21H17ClFN3O3/c1-29-21(28)16-10-14(6-9-17(16)22)25-20(27)18-19(12-2-4-13(23)5-3-12)26(11-24-18)15-7-8-15/h2-6,9-11,15H,7-8H2,1H3,(H,25,27). The van der Waals surface area contributed by atoms with E-state index in [-0.39, 0.29) is 28.1 Å². The van der Waals surface area contributed by atoms with Crippen LogP contribution in [0.5, 0.6) is 0 Å². The van der Waals surface area contributed by atoms with Crippen molar-refractivity contribution in [1.82, 2.24) is 9.55 Å². The molecule has 148 valence electrons. The van der Waals surface area contributed by atoms with Crippen molar-refractivity contribution in [3.05, 3.63) is 70.9 Å². The molecule has 0 unspecified atom stereocenters. The van der Waals surface area contributed by atoms with E-state index in [9.17, 15) is 14.0 Å². The number of rotatable bonds is 5. The second-order valence-corrected chi connectivity index (χ2v) is 7.13. The van der Waals surface area contributed by atoms with Gasteiger partial charge in [-0.3, -0.25) is 4.79 Å². The third kappa shape index (κ3) is 3.86. The molecule has 1 aliphatic carbocycles. The summed E-state index contributed by atoms with van der Waals surface area (Å²) >= 11 is 6.03. The fraction of sp³-hybridized carbons (Fsp3) is 0.190. The molecule has 1 aliphatic rings. The van der Waals surface area contributed by atoms with Crippen LogP contribution in [-0.4, -0.2) is 28.5 Å². The van der Waals surface area contributed by atoms with E-state index >= 15 is 0 Å². The molecule has 0 aliphatic heterocycles. The summed E-state index contributed by atoms with van der Waals surface area (Å²) in [5.74, 6) is -1.40. The van der Waals surface area contributed by atoms with E-state index in [4.69, 9.17) is 16.3 Å². The van der Waals surface area contributed by atoms with Gasteiger partial charge in [0, 0.05) is 17.3 Å². The third-order valence-corrected chi connectivity index (χ3v) is 5.03. The van der Waals surface area contributed by atoms with Gasteiger partial charge in [-0.25, -0.2) is 14.2 Å². The lowest BCUT2D eigenvalue weighted by Crippen LogP contribution is -2.15. The van der Waals surface area contributed by atoms with Gasteiger partial charge in [-0.05, 0) is 55.3 Å². The second kappa shape index (κ2) is 7.67. The first-order chi connectivity index (χ1) is 14.0. The fourth-order valence-electron chi connectivity index (χ4n) is 3.11. The number of benzene rings is 2. The molecule has 1 fully saturated rings. The Morgan fingerprint density at radius 3 is 2.59 bits per heavy atom. The minimum atomic E-state index is -0.601. The fourth-order valence-corrected chi connectivity index (χ4v) is 3.30. The highest BCUT2D eigenvalue weighted by Crippen LogP contribution is 2.39. The normalized spacial score (nSPS) is 13.2. The Balaban J connectivity index is 1.68. The average Bonchev–Trinajstić information content (AvgIpc) is 3.47. The van der Waals surface area contributed by atoms with Crippen molar-refractivity contribution >= 4 is 29.2 Å². The topological polar surface area (TPSA) is 73.2 Å². The Kier molecular flexibility index (Phi) is 5.07. The van der Waals surface area contributed by atoms with Crippen LogP contribution in [0.2, 0.25) is 5.02 Å². The molecule has 1 N–H and O–H groups in total. The number of methoxy groups -OCH3 is 1. The number of imidazole rings is 1. The molecule has 4 rings (SSSR count). The molecule has 1 aromatic heterocycles. The van der Waals surface area contributed by atoms with Crippen molar-refractivity contribution in [1.29, 1.82) is 0 Å². The van der Waals surface area contributed by atoms with Crippen molar-refractivity contribution in [3.8, 4) is 11.3 Å². The first-order valence-corrected chi connectivity index (χ1v) is 9.37. The van der Waals surface area contributed by atoms with Crippen LogP contribution in [0.1, 0.15) is 39.7 Å². The van der Waals surface area contributed by atoms with Crippen LogP contribution in [0, 0.1) is 5.82 Å². The largest absolute Gasteiger partial charge is 0.465 e. The Bertz CT molecular complexity index is 1090. The summed E-state index contributed by atoms with van der Waals surface area (Å²) in [5.41, 5.74) is 2.08. The molecule has 3 aromatic rings. The number of anilines is 1. The van der Waals surface area contributed by atoms with Gasteiger partial charge in [0.2, 0.25) is 0 Å². The lowest BCUT2D eigenvalue weighted by molar-refractivity contribution is 0.0600. The Hall–Kier alpha value is -3.19. The van der Waals surface area contributed by atoms with E-state index in [1.165, 1.54) is 31.4 Å². The molecule has 0 radical (unpaired) electrons. The van der Waals surface area contributed by atoms with Gasteiger partial charge in [0.15, 0.2) is 5.69 Å². The number of nitrogens with zero attached hydrogens (tertiary/aromatic N) is 2.